The lowest BCUT2D eigenvalue weighted by Gasteiger charge is -2.12. The molecule has 2 rings (SSSR count). The van der Waals surface area contributed by atoms with E-state index in [1.54, 1.807) is 0 Å². The summed E-state index contributed by atoms with van der Waals surface area (Å²) in [4.78, 5) is 4.16. The summed E-state index contributed by atoms with van der Waals surface area (Å²) >= 11 is 0. The summed E-state index contributed by atoms with van der Waals surface area (Å²) in [5, 5.41) is 12.0. The summed E-state index contributed by atoms with van der Waals surface area (Å²) < 4.78 is 2.14. The molecular weight excluding hydrogens is 224 g/mol. The van der Waals surface area contributed by atoms with Crippen LogP contribution in [0.5, 0.6) is 0 Å². The number of nitrogens with one attached hydrogen (secondary N) is 1. The lowest BCUT2D eigenvalue weighted by Crippen LogP contribution is -2.08. The van der Waals surface area contributed by atoms with Crippen LogP contribution in [-0.4, -0.2) is 9.55 Å². The fourth-order valence-electron chi connectivity index (χ4n) is 1.79. The van der Waals surface area contributed by atoms with Gasteiger partial charge in [-0.2, -0.15) is 5.26 Å². The van der Waals surface area contributed by atoms with Crippen molar-refractivity contribution in [3.05, 3.63) is 48.0 Å². The Morgan fingerprint density at radius 3 is 2.67 bits per heavy atom. The third-order valence-electron chi connectivity index (χ3n) is 2.79. The molecule has 1 N–H and O–H groups in total. The number of nitrogens with zero attached hydrogens (tertiary/aromatic N) is 3. The zero-order chi connectivity index (χ0) is 13.0. The van der Waals surface area contributed by atoms with Gasteiger partial charge in [-0.05, 0) is 38.1 Å². The van der Waals surface area contributed by atoms with Crippen molar-refractivity contribution in [2.75, 3.05) is 5.32 Å². The van der Waals surface area contributed by atoms with E-state index in [1.807, 2.05) is 36.8 Å². The van der Waals surface area contributed by atoms with E-state index in [9.17, 15) is 0 Å². The molecule has 0 radical (unpaired) electrons. The lowest BCUT2D eigenvalue weighted by atomic mass is 10.2. The van der Waals surface area contributed by atoms with E-state index in [2.05, 4.69) is 34.8 Å². The molecule has 2 aromatic rings. The first kappa shape index (κ1) is 12.2. The van der Waals surface area contributed by atoms with E-state index in [0.29, 0.717) is 11.6 Å². The van der Waals surface area contributed by atoms with Crippen molar-refractivity contribution in [3.63, 3.8) is 0 Å². The lowest BCUT2D eigenvalue weighted by molar-refractivity contribution is 0.577. The van der Waals surface area contributed by atoms with Gasteiger partial charge in [0.2, 0.25) is 0 Å². The maximum Gasteiger partial charge on any atom is 0.0991 e. The Labute approximate surface area is 107 Å². The minimum Gasteiger partial charge on any atom is -0.379 e. The zero-order valence-electron chi connectivity index (χ0n) is 10.6. The summed E-state index contributed by atoms with van der Waals surface area (Å²) in [5.41, 5.74) is 2.83. The molecule has 0 aliphatic heterocycles. The van der Waals surface area contributed by atoms with Gasteiger partial charge in [-0.1, -0.05) is 0 Å². The SMILES string of the molecule is CC(C)n1cncc1CNc1ccc(C#N)cc1. The van der Waals surface area contributed by atoms with Crippen molar-refractivity contribution >= 4 is 5.69 Å². The molecule has 0 unspecified atom stereocenters. The van der Waals surface area contributed by atoms with E-state index in [4.69, 9.17) is 5.26 Å². The van der Waals surface area contributed by atoms with Gasteiger partial charge in [-0.25, -0.2) is 4.98 Å². The first-order chi connectivity index (χ1) is 8.70. The van der Waals surface area contributed by atoms with Gasteiger partial charge >= 0.3 is 0 Å². The van der Waals surface area contributed by atoms with E-state index in [0.717, 1.165) is 17.9 Å². The van der Waals surface area contributed by atoms with Crippen molar-refractivity contribution in [2.45, 2.75) is 26.4 Å². The Hall–Kier alpha value is -2.28. The summed E-state index contributed by atoms with van der Waals surface area (Å²) in [6, 6.07) is 9.95. The molecule has 0 amide bonds. The molecule has 1 aromatic carbocycles. The van der Waals surface area contributed by atoms with Crippen molar-refractivity contribution in [1.82, 2.24) is 9.55 Å². The number of imidazole rings is 1. The monoisotopic (exact) mass is 240 g/mol. The molecule has 4 nitrogen and oxygen atoms in total. The molecule has 0 spiro atoms. The van der Waals surface area contributed by atoms with Crippen LogP contribution in [-0.2, 0) is 6.54 Å². The smallest absolute Gasteiger partial charge is 0.0991 e. The summed E-state index contributed by atoms with van der Waals surface area (Å²) in [6.07, 6.45) is 3.72. The summed E-state index contributed by atoms with van der Waals surface area (Å²) in [5.74, 6) is 0. The quantitative estimate of drug-likeness (QED) is 0.893. The van der Waals surface area contributed by atoms with Gasteiger partial charge < -0.3 is 9.88 Å². The van der Waals surface area contributed by atoms with Crippen LogP contribution in [0.2, 0.25) is 0 Å². The van der Waals surface area contributed by atoms with Gasteiger partial charge in [0.15, 0.2) is 0 Å². The first-order valence-corrected chi connectivity index (χ1v) is 5.95. The second-order valence-electron chi connectivity index (χ2n) is 4.43. The van der Waals surface area contributed by atoms with Crippen LogP contribution in [0.1, 0.15) is 31.1 Å². The third-order valence-corrected chi connectivity index (χ3v) is 2.79. The third kappa shape index (κ3) is 2.69. The Bertz CT molecular complexity index is 546. The van der Waals surface area contributed by atoms with Crippen LogP contribution < -0.4 is 5.32 Å². The molecule has 0 fully saturated rings. The number of hydrogen-bond acceptors (Lipinski definition) is 3. The van der Waals surface area contributed by atoms with Crippen molar-refractivity contribution in [3.8, 4) is 6.07 Å². The number of nitriles is 1. The van der Waals surface area contributed by atoms with E-state index < -0.39 is 0 Å². The molecule has 0 saturated heterocycles. The molecule has 4 heteroatoms. The number of aromatic nitrogens is 2. The van der Waals surface area contributed by atoms with Crippen LogP contribution in [0.25, 0.3) is 0 Å². The Morgan fingerprint density at radius 2 is 2.06 bits per heavy atom. The molecule has 0 saturated carbocycles. The van der Waals surface area contributed by atoms with Crippen LogP contribution in [0, 0.1) is 11.3 Å². The van der Waals surface area contributed by atoms with Gasteiger partial charge in [-0.3, -0.25) is 0 Å². The predicted octanol–water partition coefficient (Wildman–Crippen LogP) is 2.95. The van der Waals surface area contributed by atoms with Gasteiger partial charge in [0.25, 0.3) is 0 Å². The predicted molar refractivity (Wildman–Crippen MR) is 71.1 cm³/mol. The van der Waals surface area contributed by atoms with Gasteiger partial charge in [-0.15, -0.1) is 0 Å². The standard InChI is InChI=1S/C14H16N4/c1-11(2)18-10-16-8-14(18)9-17-13-5-3-12(7-15)4-6-13/h3-6,8,10-11,17H,9H2,1-2H3. The Balaban J connectivity index is 2.02. The van der Waals surface area contributed by atoms with E-state index >= 15 is 0 Å². The maximum absolute atomic E-state index is 8.72. The highest BCUT2D eigenvalue weighted by atomic mass is 15.1. The Kier molecular flexibility index (Phi) is 3.63. The highest BCUT2D eigenvalue weighted by Gasteiger charge is 2.04. The fourth-order valence-corrected chi connectivity index (χ4v) is 1.79. The topological polar surface area (TPSA) is 53.6 Å². The molecule has 0 aliphatic rings. The maximum atomic E-state index is 8.72. The van der Waals surface area contributed by atoms with Gasteiger partial charge in [0, 0.05) is 17.9 Å². The zero-order valence-corrected chi connectivity index (χ0v) is 10.6. The van der Waals surface area contributed by atoms with Crippen LogP contribution in [0.3, 0.4) is 0 Å². The van der Waals surface area contributed by atoms with Crippen molar-refractivity contribution in [1.29, 1.82) is 5.26 Å². The largest absolute Gasteiger partial charge is 0.379 e. The highest BCUT2D eigenvalue weighted by molar-refractivity contribution is 5.47. The van der Waals surface area contributed by atoms with Crippen molar-refractivity contribution < 1.29 is 0 Å². The summed E-state index contributed by atoms with van der Waals surface area (Å²) in [6.45, 7) is 4.99. The van der Waals surface area contributed by atoms with Gasteiger partial charge in [0.05, 0.1) is 30.2 Å². The average molecular weight is 240 g/mol. The fraction of sp³-hybridized carbons (Fsp3) is 0.286. The normalized spacial score (nSPS) is 10.3. The molecule has 18 heavy (non-hydrogen) atoms. The van der Waals surface area contributed by atoms with Crippen LogP contribution in [0.15, 0.2) is 36.8 Å². The molecular formula is C14H16N4. The molecule has 92 valence electrons. The van der Waals surface area contributed by atoms with E-state index in [-0.39, 0.29) is 0 Å². The number of anilines is 1. The first-order valence-electron chi connectivity index (χ1n) is 5.95. The average Bonchev–Trinajstić information content (AvgIpc) is 2.85. The number of rotatable bonds is 4. The minimum absolute atomic E-state index is 0.408. The molecule has 0 bridgehead atoms. The number of benzene rings is 1. The summed E-state index contributed by atoms with van der Waals surface area (Å²) in [7, 11) is 0. The molecule has 1 aromatic heterocycles. The van der Waals surface area contributed by atoms with Gasteiger partial charge in [0.1, 0.15) is 0 Å². The molecule has 0 atom stereocenters. The van der Waals surface area contributed by atoms with Crippen LogP contribution in [0.4, 0.5) is 5.69 Å². The highest BCUT2D eigenvalue weighted by Crippen LogP contribution is 2.13. The molecule has 0 aliphatic carbocycles. The van der Waals surface area contributed by atoms with E-state index in [1.165, 1.54) is 0 Å². The van der Waals surface area contributed by atoms with Crippen LogP contribution >= 0.6 is 0 Å². The second kappa shape index (κ2) is 5.37. The minimum atomic E-state index is 0.408. The van der Waals surface area contributed by atoms with Crippen molar-refractivity contribution in [2.24, 2.45) is 0 Å². The second-order valence-corrected chi connectivity index (χ2v) is 4.43. The molecule has 1 heterocycles. The number of hydrogen-bond donors (Lipinski definition) is 1. The Morgan fingerprint density at radius 1 is 1.33 bits per heavy atom.